The van der Waals surface area contributed by atoms with Gasteiger partial charge in [-0.15, -0.1) is 0 Å². The molecule has 19 heavy (non-hydrogen) atoms. The van der Waals surface area contributed by atoms with E-state index in [0.717, 1.165) is 34.0 Å². The van der Waals surface area contributed by atoms with Crippen molar-refractivity contribution in [2.45, 2.75) is 6.92 Å². The highest BCUT2D eigenvalue weighted by Gasteiger charge is 2.04. The van der Waals surface area contributed by atoms with Crippen molar-refractivity contribution in [2.24, 2.45) is 0 Å². The molecule has 0 aliphatic carbocycles. The van der Waals surface area contributed by atoms with Crippen molar-refractivity contribution in [3.05, 3.63) is 48.0 Å². The van der Waals surface area contributed by atoms with Crippen LogP contribution in [0.5, 0.6) is 5.75 Å². The summed E-state index contributed by atoms with van der Waals surface area (Å²) in [5.74, 6) is 1.63. The number of imidazole rings is 1. The predicted octanol–water partition coefficient (Wildman–Crippen LogP) is 3.62. The fourth-order valence-electron chi connectivity index (χ4n) is 2.10. The number of anilines is 2. The van der Waals surface area contributed by atoms with Crippen molar-refractivity contribution >= 4 is 22.7 Å². The van der Waals surface area contributed by atoms with Crippen molar-refractivity contribution in [3.63, 3.8) is 0 Å². The second-order valence-corrected chi connectivity index (χ2v) is 4.41. The van der Waals surface area contributed by atoms with Crippen LogP contribution in [0.15, 0.2) is 42.5 Å². The van der Waals surface area contributed by atoms with E-state index in [1.165, 1.54) is 0 Å². The highest BCUT2D eigenvalue weighted by molar-refractivity contribution is 5.78. The van der Waals surface area contributed by atoms with Gasteiger partial charge in [-0.2, -0.15) is 0 Å². The summed E-state index contributed by atoms with van der Waals surface area (Å²) in [6, 6.07) is 13.9. The number of methoxy groups -OCH3 is 1. The van der Waals surface area contributed by atoms with E-state index in [0.29, 0.717) is 0 Å². The fraction of sp³-hybridized carbons (Fsp3) is 0.133. The summed E-state index contributed by atoms with van der Waals surface area (Å²) < 4.78 is 5.25. The number of aryl methyl sites for hydroxylation is 1. The largest absolute Gasteiger partial charge is 0.496 e. The Morgan fingerprint density at radius 1 is 1.16 bits per heavy atom. The van der Waals surface area contributed by atoms with Crippen LogP contribution >= 0.6 is 0 Å². The first kappa shape index (κ1) is 11.6. The zero-order valence-electron chi connectivity index (χ0n) is 10.9. The smallest absolute Gasteiger partial charge is 0.205 e. The van der Waals surface area contributed by atoms with Gasteiger partial charge in [-0.1, -0.05) is 12.1 Å². The van der Waals surface area contributed by atoms with Gasteiger partial charge in [0.15, 0.2) is 0 Å². The number of hydrogen-bond acceptors (Lipinski definition) is 3. The number of nitrogens with zero attached hydrogens (tertiary/aromatic N) is 1. The average Bonchev–Trinajstić information content (AvgIpc) is 2.81. The maximum atomic E-state index is 5.25. The number of fused-ring (bicyclic) bond motifs is 1. The first-order valence-corrected chi connectivity index (χ1v) is 6.12. The van der Waals surface area contributed by atoms with E-state index in [4.69, 9.17) is 4.74 Å². The van der Waals surface area contributed by atoms with Gasteiger partial charge in [-0.3, -0.25) is 0 Å². The van der Waals surface area contributed by atoms with Gasteiger partial charge in [-0.25, -0.2) is 4.98 Å². The summed E-state index contributed by atoms with van der Waals surface area (Å²) in [6.45, 7) is 2.02. The topological polar surface area (TPSA) is 49.9 Å². The van der Waals surface area contributed by atoms with Crippen LogP contribution in [0.25, 0.3) is 11.0 Å². The fourth-order valence-corrected chi connectivity index (χ4v) is 2.10. The van der Waals surface area contributed by atoms with E-state index in [1.807, 2.05) is 49.4 Å². The molecule has 0 saturated heterocycles. The van der Waals surface area contributed by atoms with Gasteiger partial charge in [0, 0.05) is 5.69 Å². The highest BCUT2D eigenvalue weighted by Crippen LogP contribution is 2.24. The average molecular weight is 253 g/mol. The van der Waals surface area contributed by atoms with Gasteiger partial charge < -0.3 is 15.0 Å². The maximum Gasteiger partial charge on any atom is 0.205 e. The standard InChI is InChI=1S/C15H15N3O/c1-10-9-11(7-8-14(10)19-2)16-15-17-12-5-3-4-6-13(12)18-15/h3-9H,1-2H3,(H2,16,17,18). The molecule has 0 unspecified atom stereocenters. The summed E-state index contributed by atoms with van der Waals surface area (Å²) in [7, 11) is 1.68. The van der Waals surface area contributed by atoms with Crippen LogP contribution in [0.4, 0.5) is 11.6 Å². The molecule has 0 bridgehead atoms. The lowest BCUT2D eigenvalue weighted by atomic mass is 10.2. The highest BCUT2D eigenvalue weighted by atomic mass is 16.5. The van der Waals surface area contributed by atoms with Gasteiger partial charge in [0.2, 0.25) is 5.95 Å². The third kappa shape index (κ3) is 2.25. The third-order valence-electron chi connectivity index (χ3n) is 3.05. The number of H-pyrrole nitrogens is 1. The molecule has 0 amide bonds. The Hall–Kier alpha value is -2.49. The molecule has 0 aliphatic heterocycles. The van der Waals surface area contributed by atoms with Crippen molar-refractivity contribution in [2.75, 3.05) is 12.4 Å². The first-order valence-electron chi connectivity index (χ1n) is 6.12. The predicted molar refractivity (Wildman–Crippen MR) is 77.1 cm³/mol. The molecular weight excluding hydrogens is 238 g/mol. The minimum Gasteiger partial charge on any atom is -0.496 e. The lowest BCUT2D eigenvalue weighted by Crippen LogP contribution is -1.94. The zero-order chi connectivity index (χ0) is 13.2. The Bertz CT molecular complexity index is 685. The number of benzene rings is 2. The van der Waals surface area contributed by atoms with Crippen molar-refractivity contribution < 1.29 is 4.74 Å². The summed E-state index contributed by atoms with van der Waals surface area (Å²) in [6.07, 6.45) is 0. The summed E-state index contributed by atoms with van der Waals surface area (Å²) in [4.78, 5) is 7.72. The quantitative estimate of drug-likeness (QED) is 0.749. The molecule has 0 radical (unpaired) electrons. The van der Waals surface area contributed by atoms with Crippen LogP contribution in [-0.2, 0) is 0 Å². The number of aromatic amines is 1. The van der Waals surface area contributed by atoms with Crippen LogP contribution in [-0.4, -0.2) is 17.1 Å². The van der Waals surface area contributed by atoms with E-state index in [1.54, 1.807) is 7.11 Å². The molecule has 4 heteroatoms. The van der Waals surface area contributed by atoms with Gasteiger partial charge in [0.25, 0.3) is 0 Å². The number of nitrogens with one attached hydrogen (secondary N) is 2. The van der Waals surface area contributed by atoms with Crippen LogP contribution in [0, 0.1) is 6.92 Å². The molecule has 0 spiro atoms. The molecule has 4 nitrogen and oxygen atoms in total. The zero-order valence-corrected chi connectivity index (χ0v) is 10.9. The summed E-state index contributed by atoms with van der Waals surface area (Å²) in [5.41, 5.74) is 4.05. The minimum atomic E-state index is 0.741. The van der Waals surface area contributed by atoms with E-state index in [2.05, 4.69) is 15.3 Å². The second-order valence-electron chi connectivity index (χ2n) is 4.41. The van der Waals surface area contributed by atoms with E-state index >= 15 is 0 Å². The monoisotopic (exact) mass is 253 g/mol. The minimum absolute atomic E-state index is 0.741. The molecule has 2 aromatic carbocycles. The Balaban J connectivity index is 1.90. The third-order valence-corrected chi connectivity index (χ3v) is 3.05. The Morgan fingerprint density at radius 3 is 2.74 bits per heavy atom. The van der Waals surface area contributed by atoms with Gasteiger partial charge in [-0.05, 0) is 42.8 Å². The lowest BCUT2D eigenvalue weighted by molar-refractivity contribution is 0.412. The molecule has 1 aromatic heterocycles. The lowest BCUT2D eigenvalue weighted by Gasteiger charge is -2.07. The Kier molecular flexibility index (Phi) is 2.83. The van der Waals surface area contributed by atoms with Gasteiger partial charge in [0.05, 0.1) is 18.1 Å². The van der Waals surface area contributed by atoms with Crippen LogP contribution in [0.3, 0.4) is 0 Å². The number of ether oxygens (including phenoxy) is 1. The van der Waals surface area contributed by atoms with Crippen molar-refractivity contribution in [1.29, 1.82) is 0 Å². The Morgan fingerprint density at radius 2 is 2.00 bits per heavy atom. The molecule has 96 valence electrons. The molecule has 0 aliphatic rings. The van der Waals surface area contributed by atoms with Crippen molar-refractivity contribution in [1.82, 2.24) is 9.97 Å². The second kappa shape index (κ2) is 4.65. The van der Waals surface area contributed by atoms with Crippen LogP contribution in [0.2, 0.25) is 0 Å². The summed E-state index contributed by atoms with van der Waals surface area (Å²) in [5, 5.41) is 3.26. The molecule has 3 rings (SSSR count). The maximum absolute atomic E-state index is 5.25. The first-order chi connectivity index (χ1) is 9.26. The molecule has 0 atom stereocenters. The number of aromatic nitrogens is 2. The van der Waals surface area contributed by atoms with Gasteiger partial charge in [0.1, 0.15) is 5.75 Å². The summed E-state index contributed by atoms with van der Waals surface area (Å²) >= 11 is 0. The molecule has 0 saturated carbocycles. The number of para-hydroxylation sites is 2. The SMILES string of the molecule is COc1ccc(Nc2nc3ccccc3[nH]2)cc1C. The van der Waals surface area contributed by atoms with Crippen LogP contribution < -0.4 is 10.1 Å². The normalized spacial score (nSPS) is 10.6. The molecular formula is C15H15N3O. The molecule has 0 fully saturated rings. The number of rotatable bonds is 3. The van der Waals surface area contributed by atoms with E-state index < -0.39 is 0 Å². The molecule has 2 N–H and O–H groups in total. The molecule has 3 aromatic rings. The van der Waals surface area contributed by atoms with E-state index in [-0.39, 0.29) is 0 Å². The van der Waals surface area contributed by atoms with E-state index in [9.17, 15) is 0 Å². The molecule has 1 heterocycles. The van der Waals surface area contributed by atoms with Gasteiger partial charge >= 0.3 is 0 Å². The van der Waals surface area contributed by atoms with Crippen LogP contribution in [0.1, 0.15) is 5.56 Å². The number of hydrogen-bond donors (Lipinski definition) is 2. The van der Waals surface area contributed by atoms with Crippen molar-refractivity contribution in [3.8, 4) is 5.75 Å². The Labute approximate surface area is 111 Å².